The first kappa shape index (κ1) is 13.2. The van der Waals surface area contributed by atoms with E-state index in [0.29, 0.717) is 0 Å². The van der Waals surface area contributed by atoms with Gasteiger partial charge in [0.1, 0.15) is 5.69 Å². The number of aliphatic hydroxyl groups is 1. The van der Waals surface area contributed by atoms with Crippen LogP contribution in [-0.4, -0.2) is 29.8 Å². The van der Waals surface area contributed by atoms with Gasteiger partial charge in [-0.05, 0) is 6.92 Å². The molecule has 6 nitrogen and oxygen atoms in total. The molecule has 0 unspecified atom stereocenters. The summed E-state index contributed by atoms with van der Waals surface area (Å²) in [6.45, 7) is 1.44. The molecule has 1 rings (SSSR count). The number of hydrogen-bond acceptors (Lipinski definition) is 5. The largest absolute Gasteiger partial charge is 0.494 e. The van der Waals surface area contributed by atoms with Gasteiger partial charge in [0.05, 0.1) is 24.7 Å². The second-order valence-electron chi connectivity index (χ2n) is 3.49. The molecule has 0 aliphatic carbocycles. The maximum absolute atomic E-state index is 13.3. The lowest BCUT2D eigenvalue weighted by atomic mass is 10.2. The molecule has 0 saturated heterocycles. The average molecular weight is 244 g/mol. The van der Waals surface area contributed by atoms with E-state index in [1.54, 1.807) is 6.92 Å². The van der Waals surface area contributed by atoms with Crippen LogP contribution in [0.2, 0.25) is 0 Å². The summed E-state index contributed by atoms with van der Waals surface area (Å²) in [6.07, 6.45) is 0. The van der Waals surface area contributed by atoms with E-state index in [2.05, 4.69) is 5.32 Å². The van der Waals surface area contributed by atoms with Crippen molar-refractivity contribution in [2.24, 2.45) is 0 Å². The van der Waals surface area contributed by atoms with Crippen LogP contribution in [0.5, 0.6) is 5.75 Å². The summed E-state index contributed by atoms with van der Waals surface area (Å²) in [5, 5.41) is 22.3. The van der Waals surface area contributed by atoms with E-state index in [-0.39, 0.29) is 24.1 Å². The number of ether oxygens (including phenoxy) is 1. The molecule has 0 amide bonds. The summed E-state index contributed by atoms with van der Waals surface area (Å²) in [4.78, 5) is 10.0. The molecular formula is C10H13FN2O4. The monoisotopic (exact) mass is 244 g/mol. The van der Waals surface area contributed by atoms with Gasteiger partial charge in [0.2, 0.25) is 0 Å². The highest BCUT2D eigenvalue weighted by atomic mass is 19.1. The molecule has 0 radical (unpaired) electrons. The fourth-order valence-corrected chi connectivity index (χ4v) is 1.28. The molecule has 0 heterocycles. The average Bonchev–Trinajstić information content (AvgIpc) is 2.30. The molecule has 0 bridgehead atoms. The van der Waals surface area contributed by atoms with Crippen molar-refractivity contribution in [3.05, 3.63) is 28.1 Å². The lowest BCUT2D eigenvalue weighted by Crippen LogP contribution is -2.20. The third-order valence-electron chi connectivity index (χ3n) is 2.14. The molecule has 0 fully saturated rings. The summed E-state index contributed by atoms with van der Waals surface area (Å²) >= 11 is 0. The zero-order valence-corrected chi connectivity index (χ0v) is 9.44. The SMILES string of the molecule is COc1cc(N[C@H](C)CO)c([N+](=O)[O-])cc1F. The van der Waals surface area contributed by atoms with Crippen LogP contribution in [0, 0.1) is 15.9 Å². The number of rotatable bonds is 5. The van der Waals surface area contributed by atoms with Gasteiger partial charge in [0.15, 0.2) is 11.6 Å². The first-order chi connectivity index (χ1) is 7.99. The van der Waals surface area contributed by atoms with Crippen LogP contribution in [0.4, 0.5) is 15.8 Å². The predicted octanol–water partition coefficient (Wildman–Crippen LogP) is 1.54. The van der Waals surface area contributed by atoms with E-state index < -0.39 is 16.4 Å². The Morgan fingerprint density at radius 1 is 1.65 bits per heavy atom. The van der Waals surface area contributed by atoms with E-state index in [1.807, 2.05) is 0 Å². The molecule has 94 valence electrons. The van der Waals surface area contributed by atoms with Crippen molar-refractivity contribution >= 4 is 11.4 Å². The molecule has 7 heteroatoms. The van der Waals surface area contributed by atoms with Gasteiger partial charge >= 0.3 is 0 Å². The smallest absolute Gasteiger partial charge is 0.295 e. The predicted molar refractivity (Wildman–Crippen MR) is 59.8 cm³/mol. The number of nitro groups is 1. The maximum Gasteiger partial charge on any atom is 0.295 e. The number of methoxy groups -OCH3 is 1. The zero-order valence-electron chi connectivity index (χ0n) is 9.44. The fourth-order valence-electron chi connectivity index (χ4n) is 1.28. The topological polar surface area (TPSA) is 84.6 Å². The zero-order chi connectivity index (χ0) is 13.0. The first-order valence-electron chi connectivity index (χ1n) is 4.89. The van der Waals surface area contributed by atoms with Gasteiger partial charge in [-0.2, -0.15) is 0 Å². The molecule has 0 saturated carbocycles. The van der Waals surface area contributed by atoms with Crippen LogP contribution in [0.25, 0.3) is 0 Å². The van der Waals surface area contributed by atoms with Gasteiger partial charge in [-0.3, -0.25) is 10.1 Å². The number of nitro benzene ring substituents is 1. The lowest BCUT2D eigenvalue weighted by molar-refractivity contribution is -0.384. The number of halogens is 1. The highest BCUT2D eigenvalue weighted by molar-refractivity contribution is 5.65. The van der Waals surface area contributed by atoms with Crippen LogP contribution < -0.4 is 10.1 Å². The Labute approximate surface area is 97.2 Å². The number of anilines is 1. The Bertz CT molecular complexity index is 425. The third kappa shape index (κ3) is 3.04. The van der Waals surface area contributed by atoms with Crippen molar-refractivity contribution in [2.45, 2.75) is 13.0 Å². The highest BCUT2D eigenvalue weighted by Crippen LogP contribution is 2.32. The lowest BCUT2D eigenvalue weighted by Gasteiger charge is -2.13. The van der Waals surface area contributed by atoms with Crippen molar-refractivity contribution < 1.29 is 19.2 Å². The Kier molecular flexibility index (Phi) is 4.22. The van der Waals surface area contributed by atoms with E-state index >= 15 is 0 Å². The van der Waals surface area contributed by atoms with E-state index in [4.69, 9.17) is 9.84 Å². The van der Waals surface area contributed by atoms with Crippen molar-refractivity contribution in [2.75, 3.05) is 19.0 Å². The van der Waals surface area contributed by atoms with Crippen LogP contribution >= 0.6 is 0 Å². The molecule has 1 aromatic rings. The molecule has 0 aliphatic rings. The quantitative estimate of drug-likeness (QED) is 0.606. The van der Waals surface area contributed by atoms with Crippen LogP contribution in [0.1, 0.15) is 6.92 Å². The number of hydrogen-bond donors (Lipinski definition) is 2. The van der Waals surface area contributed by atoms with Crippen LogP contribution in [-0.2, 0) is 0 Å². The minimum Gasteiger partial charge on any atom is -0.494 e. The van der Waals surface area contributed by atoms with Crippen molar-refractivity contribution in [3.63, 3.8) is 0 Å². The normalized spacial score (nSPS) is 12.0. The van der Waals surface area contributed by atoms with E-state index in [1.165, 1.54) is 13.2 Å². The van der Waals surface area contributed by atoms with Crippen molar-refractivity contribution in [1.29, 1.82) is 0 Å². The van der Waals surface area contributed by atoms with Gasteiger partial charge in [-0.25, -0.2) is 4.39 Å². The number of nitrogens with zero attached hydrogens (tertiary/aromatic N) is 1. The molecule has 2 N–H and O–H groups in total. The molecule has 0 spiro atoms. The maximum atomic E-state index is 13.3. The van der Waals surface area contributed by atoms with E-state index in [0.717, 1.165) is 6.07 Å². The minimum atomic E-state index is -0.804. The summed E-state index contributed by atoms with van der Waals surface area (Å²) in [5.74, 6) is -0.898. The molecule has 17 heavy (non-hydrogen) atoms. The van der Waals surface area contributed by atoms with Gasteiger partial charge in [0.25, 0.3) is 5.69 Å². The second-order valence-corrected chi connectivity index (χ2v) is 3.49. The molecule has 0 aliphatic heterocycles. The molecule has 1 atom stereocenters. The van der Waals surface area contributed by atoms with Crippen LogP contribution in [0.15, 0.2) is 12.1 Å². The summed E-state index contributed by atoms with van der Waals surface area (Å²) in [7, 11) is 1.27. The Morgan fingerprint density at radius 2 is 2.29 bits per heavy atom. The molecule has 0 aromatic heterocycles. The number of aliphatic hydroxyl groups excluding tert-OH is 1. The van der Waals surface area contributed by atoms with Gasteiger partial charge < -0.3 is 15.2 Å². The minimum absolute atomic E-state index is 0.0942. The summed E-state index contributed by atoms with van der Waals surface area (Å²) in [6, 6.07) is 1.59. The Hall–Kier alpha value is -1.89. The number of benzene rings is 1. The van der Waals surface area contributed by atoms with Crippen molar-refractivity contribution in [1.82, 2.24) is 0 Å². The fraction of sp³-hybridized carbons (Fsp3) is 0.400. The Balaban J connectivity index is 3.19. The standard InChI is InChI=1S/C10H13FN2O4/c1-6(5-14)12-8-4-10(17-2)7(11)3-9(8)13(15)16/h3-4,6,12,14H,5H2,1-2H3/t6-/m1/s1. The Morgan fingerprint density at radius 3 is 2.76 bits per heavy atom. The van der Waals surface area contributed by atoms with Gasteiger partial charge in [-0.1, -0.05) is 0 Å². The van der Waals surface area contributed by atoms with E-state index in [9.17, 15) is 14.5 Å². The van der Waals surface area contributed by atoms with Crippen molar-refractivity contribution in [3.8, 4) is 5.75 Å². The van der Waals surface area contributed by atoms with Crippen LogP contribution in [0.3, 0.4) is 0 Å². The third-order valence-corrected chi connectivity index (χ3v) is 2.14. The molecular weight excluding hydrogens is 231 g/mol. The van der Waals surface area contributed by atoms with Gasteiger partial charge in [0, 0.05) is 12.1 Å². The summed E-state index contributed by atoms with van der Waals surface area (Å²) < 4.78 is 18.0. The highest BCUT2D eigenvalue weighted by Gasteiger charge is 2.19. The second kappa shape index (κ2) is 5.44. The molecule has 1 aromatic carbocycles. The number of nitrogens with one attached hydrogen (secondary N) is 1. The summed E-state index contributed by atoms with van der Waals surface area (Å²) in [5.41, 5.74) is -0.293. The first-order valence-corrected chi connectivity index (χ1v) is 4.89. The van der Waals surface area contributed by atoms with Gasteiger partial charge in [-0.15, -0.1) is 0 Å².